The summed E-state index contributed by atoms with van der Waals surface area (Å²) in [6, 6.07) is 14.2. The van der Waals surface area contributed by atoms with Crippen LogP contribution in [0.5, 0.6) is 0 Å². The number of carbonyl (C=O) groups excluding carboxylic acids is 1. The Bertz CT molecular complexity index is 747. The first-order chi connectivity index (χ1) is 11.1. The lowest BCUT2D eigenvalue weighted by atomic mass is 10.2. The number of amides is 2. The van der Waals surface area contributed by atoms with Crippen molar-refractivity contribution in [2.45, 2.75) is 12.8 Å². The Kier molecular flexibility index (Phi) is 4.84. The molecule has 0 atom stereocenters. The van der Waals surface area contributed by atoms with Crippen molar-refractivity contribution in [3.05, 3.63) is 58.6 Å². The van der Waals surface area contributed by atoms with Crippen LogP contribution in [-0.4, -0.2) is 18.4 Å². The standard InChI is InChI=1S/C17H15Cl2N3O/c18-14-9-8-12(11-15(14)19)21-17(23)22(16-7-4-10-20-16)13-5-2-1-3-6-13/h1-3,5-6,8-9,11H,4,7,10H2,(H,21,23). The Hall–Kier alpha value is -2.04. The fraction of sp³-hybridized carbons (Fsp3) is 0.176. The van der Waals surface area contributed by atoms with E-state index in [-0.39, 0.29) is 6.03 Å². The molecule has 0 radical (unpaired) electrons. The number of carbonyl (C=O) groups is 1. The van der Waals surface area contributed by atoms with Crippen molar-refractivity contribution in [1.29, 1.82) is 0 Å². The average molecular weight is 348 g/mol. The number of amidine groups is 1. The van der Waals surface area contributed by atoms with E-state index in [2.05, 4.69) is 10.3 Å². The summed E-state index contributed by atoms with van der Waals surface area (Å²) in [6.45, 7) is 0.749. The van der Waals surface area contributed by atoms with Crippen molar-refractivity contribution in [2.75, 3.05) is 16.8 Å². The van der Waals surface area contributed by atoms with Crippen LogP contribution >= 0.6 is 23.2 Å². The summed E-state index contributed by atoms with van der Waals surface area (Å²) in [5.41, 5.74) is 1.37. The van der Waals surface area contributed by atoms with E-state index in [0.29, 0.717) is 15.7 Å². The molecule has 1 aliphatic rings. The molecular weight excluding hydrogens is 333 g/mol. The van der Waals surface area contributed by atoms with Crippen LogP contribution in [0.4, 0.5) is 16.2 Å². The summed E-state index contributed by atoms with van der Waals surface area (Å²) in [6.07, 6.45) is 1.74. The van der Waals surface area contributed by atoms with Gasteiger partial charge in [0.15, 0.2) is 0 Å². The largest absolute Gasteiger partial charge is 0.331 e. The highest BCUT2D eigenvalue weighted by atomic mass is 35.5. The van der Waals surface area contributed by atoms with Gasteiger partial charge in [-0.1, -0.05) is 41.4 Å². The molecule has 1 heterocycles. The number of anilines is 2. The van der Waals surface area contributed by atoms with Gasteiger partial charge in [0, 0.05) is 18.7 Å². The van der Waals surface area contributed by atoms with Gasteiger partial charge in [-0.15, -0.1) is 0 Å². The van der Waals surface area contributed by atoms with Crippen LogP contribution in [0.15, 0.2) is 53.5 Å². The average Bonchev–Trinajstić information content (AvgIpc) is 3.06. The molecule has 1 aliphatic heterocycles. The number of hydrogen-bond donors (Lipinski definition) is 1. The van der Waals surface area contributed by atoms with Crippen LogP contribution in [-0.2, 0) is 0 Å². The second-order valence-electron chi connectivity index (χ2n) is 5.13. The number of hydrogen-bond acceptors (Lipinski definition) is 2. The Balaban J connectivity index is 1.87. The number of aliphatic imine (C=N–C) groups is 1. The first-order valence-electron chi connectivity index (χ1n) is 7.30. The van der Waals surface area contributed by atoms with E-state index in [9.17, 15) is 4.79 Å². The second kappa shape index (κ2) is 7.02. The minimum Gasteiger partial charge on any atom is -0.307 e. The van der Waals surface area contributed by atoms with Crippen LogP contribution < -0.4 is 10.2 Å². The predicted octanol–water partition coefficient (Wildman–Crippen LogP) is 5.22. The number of halogens is 2. The van der Waals surface area contributed by atoms with Gasteiger partial charge in [-0.25, -0.2) is 4.79 Å². The van der Waals surface area contributed by atoms with E-state index in [1.807, 2.05) is 30.3 Å². The molecule has 0 spiro atoms. The molecule has 0 unspecified atom stereocenters. The number of para-hydroxylation sites is 1. The maximum atomic E-state index is 12.8. The van der Waals surface area contributed by atoms with Crippen molar-refractivity contribution < 1.29 is 4.79 Å². The van der Waals surface area contributed by atoms with Crippen LogP contribution in [0.25, 0.3) is 0 Å². The van der Waals surface area contributed by atoms with Gasteiger partial charge >= 0.3 is 6.03 Å². The van der Waals surface area contributed by atoms with E-state index in [0.717, 1.165) is 30.9 Å². The van der Waals surface area contributed by atoms with Crippen molar-refractivity contribution in [1.82, 2.24) is 0 Å². The molecular formula is C17H15Cl2N3O. The summed E-state index contributed by atoms with van der Waals surface area (Å²) in [4.78, 5) is 18.8. The third kappa shape index (κ3) is 3.66. The van der Waals surface area contributed by atoms with Crippen molar-refractivity contribution in [2.24, 2.45) is 4.99 Å². The minimum absolute atomic E-state index is 0.268. The molecule has 0 saturated heterocycles. The van der Waals surface area contributed by atoms with Crippen molar-refractivity contribution in [3.8, 4) is 0 Å². The van der Waals surface area contributed by atoms with Crippen molar-refractivity contribution in [3.63, 3.8) is 0 Å². The number of benzene rings is 2. The molecule has 2 aromatic rings. The van der Waals surface area contributed by atoms with Gasteiger partial charge < -0.3 is 5.32 Å². The summed E-state index contributed by atoms with van der Waals surface area (Å²) in [5.74, 6) is 0.772. The maximum absolute atomic E-state index is 12.8. The maximum Gasteiger partial charge on any atom is 0.331 e. The van der Waals surface area contributed by atoms with Gasteiger partial charge in [-0.2, -0.15) is 0 Å². The van der Waals surface area contributed by atoms with Crippen LogP contribution in [0, 0.1) is 0 Å². The molecule has 4 nitrogen and oxygen atoms in total. The SMILES string of the molecule is O=C(Nc1ccc(Cl)c(Cl)c1)N(C1=NCCC1)c1ccccc1. The third-order valence-corrected chi connectivity index (χ3v) is 4.24. The molecule has 0 fully saturated rings. The molecule has 1 N–H and O–H groups in total. The summed E-state index contributed by atoms with van der Waals surface area (Å²) < 4.78 is 0. The lowest BCUT2D eigenvalue weighted by molar-refractivity contribution is 0.259. The monoisotopic (exact) mass is 347 g/mol. The van der Waals surface area contributed by atoms with Gasteiger partial charge in [-0.3, -0.25) is 9.89 Å². The molecule has 0 aliphatic carbocycles. The van der Waals surface area contributed by atoms with Crippen LogP contribution in [0.3, 0.4) is 0 Å². The van der Waals surface area contributed by atoms with E-state index < -0.39 is 0 Å². The quantitative estimate of drug-likeness (QED) is 0.794. The van der Waals surface area contributed by atoms with Gasteiger partial charge in [0.1, 0.15) is 5.84 Å². The lowest BCUT2D eigenvalue weighted by Crippen LogP contribution is -2.39. The molecule has 0 saturated carbocycles. The summed E-state index contributed by atoms with van der Waals surface area (Å²) in [7, 11) is 0. The number of rotatable bonds is 2. The van der Waals surface area contributed by atoms with E-state index in [1.54, 1.807) is 23.1 Å². The second-order valence-corrected chi connectivity index (χ2v) is 5.95. The Morgan fingerprint density at radius 1 is 1.09 bits per heavy atom. The molecule has 0 bridgehead atoms. The fourth-order valence-electron chi connectivity index (χ4n) is 2.42. The van der Waals surface area contributed by atoms with Crippen LogP contribution in [0.1, 0.15) is 12.8 Å². The van der Waals surface area contributed by atoms with Crippen LogP contribution in [0.2, 0.25) is 10.0 Å². The van der Waals surface area contributed by atoms with E-state index >= 15 is 0 Å². The predicted molar refractivity (Wildman–Crippen MR) is 95.9 cm³/mol. The molecule has 3 rings (SSSR count). The summed E-state index contributed by atoms with van der Waals surface area (Å²) >= 11 is 11.9. The normalized spacial score (nSPS) is 13.6. The Morgan fingerprint density at radius 2 is 1.87 bits per heavy atom. The zero-order valence-electron chi connectivity index (χ0n) is 12.3. The molecule has 2 amide bonds. The van der Waals surface area contributed by atoms with Crippen molar-refractivity contribution >= 4 is 46.4 Å². The lowest BCUT2D eigenvalue weighted by Gasteiger charge is -2.23. The highest BCUT2D eigenvalue weighted by Crippen LogP contribution is 2.26. The number of nitrogens with one attached hydrogen (secondary N) is 1. The summed E-state index contributed by atoms with van der Waals surface area (Å²) in [5, 5.41) is 3.69. The number of urea groups is 1. The minimum atomic E-state index is -0.268. The van der Waals surface area contributed by atoms with Gasteiger partial charge in [-0.05, 0) is 36.8 Å². The van der Waals surface area contributed by atoms with E-state index in [1.165, 1.54) is 0 Å². The first kappa shape index (κ1) is 15.8. The zero-order valence-corrected chi connectivity index (χ0v) is 13.8. The molecule has 118 valence electrons. The Morgan fingerprint density at radius 3 is 2.52 bits per heavy atom. The van der Waals surface area contributed by atoms with E-state index in [4.69, 9.17) is 23.2 Å². The number of nitrogens with zero attached hydrogens (tertiary/aromatic N) is 2. The van der Waals surface area contributed by atoms with Gasteiger partial charge in [0.25, 0.3) is 0 Å². The van der Waals surface area contributed by atoms with Gasteiger partial charge in [0.2, 0.25) is 0 Å². The molecule has 2 aromatic carbocycles. The fourth-order valence-corrected chi connectivity index (χ4v) is 2.72. The van der Waals surface area contributed by atoms with Gasteiger partial charge in [0.05, 0.1) is 15.7 Å². The first-order valence-corrected chi connectivity index (χ1v) is 8.05. The molecule has 0 aromatic heterocycles. The highest BCUT2D eigenvalue weighted by molar-refractivity contribution is 6.42. The highest BCUT2D eigenvalue weighted by Gasteiger charge is 2.23. The third-order valence-electron chi connectivity index (χ3n) is 3.50. The molecule has 6 heteroatoms. The topological polar surface area (TPSA) is 44.7 Å². The Labute approximate surface area is 144 Å². The molecule has 23 heavy (non-hydrogen) atoms. The zero-order chi connectivity index (χ0) is 16.2. The smallest absolute Gasteiger partial charge is 0.307 e.